The van der Waals surface area contributed by atoms with Crippen LogP contribution in [0.15, 0.2) is 24.3 Å². The third kappa shape index (κ3) is 4.13. The van der Waals surface area contributed by atoms with E-state index >= 15 is 0 Å². The van der Waals surface area contributed by atoms with Gasteiger partial charge in [0.2, 0.25) is 5.91 Å². The monoisotopic (exact) mass is 453 g/mol. The molecule has 0 saturated heterocycles. The fourth-order valence-electron chi connectivity index (χ4n) is 2.43. The second-order valence-electron chi connectivity index (χ2n) is 5.41. The number of rotatable bonds is 2. The van der Waals surface area contributed by atoms with Gasteiger partial charge in [0.15, 0.2) is 0 Å². The van der Waals surface area contributed by atoms with Gasteiger partial charge in [-0.05, 0) is 13.8 Å². The smallest absolute Gasteiger partial charge is 0.287 e. The Bertz CT molecular complexity index is 940. The topological polar surface area (TPSA) is 108 Å². The highest BCUT2D eigenvalue weighted by molar-refractivity contribution is 14.1. The van der Waals surface area contributed by atoms with Gasteiger partial charge in [-0.25, -0.2) is 0 Å². The lowest BCUT2D eigenvalue weighted by atomic mass is 10.1. The molecule has 8 heteroatoms. The number of amides is 4. The van der Waals surface area contributed by atoms with Crippen LogP contribution in [-0.2, 0) is 14.4 Å². The minimum Gasteiger partial charge on any atom is -0.354 e. The fourth-order valence-corrected chi connectivity index (χ4v) is 2.68. The maximum absolute atomic E-state index is 12.1. The molecule has 0 fully saturated rings. The maximum atomic E-state index is 12.1. The second-order valence-corrected chi connectivity index (χ2v) is 6.39. The zero-order valence-electron chi connectivity index (χ0n) is 13.8. The van der Waals surface area contributed by atoms with Crippen LogP contribution in [0.25, 0.3) is 21.9 Å². The number of aromatic amines is 1. The zero-order valence-corrected chi connectivity index (χ0v) is 16.0. The third-order valence-corrected chi connectivity index (χ3v) is 3.92. The average Bonchev–Trinajstić information content (AvgIpc) is 2.91. The largest absolute Gasteiger partial charge is 0.354 e. The maximum Gasteiger partial charge on any atom is 0.287 e. The first kappa shape index (κ1) is 18.8. The van der Waals surface area contributed by atoms with Crippen molar-refractivity contribution in [1.29, 1.82) is 0 Å². The van der Waals surface area contributed by atoms with Crippen molar-refractivity contribution in [1.82, 2.24) is 15.6 Å². The molecule has 1 aromatic carbocycles. The Hall–Kier alpha value is -2.49. The predicted octanol–water partition coefficient (Wildman–Crippen LogP) is 0.843. The molecule has 0 radical (unpaired) electrons. The van der Waals surface area contributed by atoms with Gasteiger partial charge >= 0.3 is 0 Å². The summed E-state index contributed by atoms with van der Waals surface area (Å²) in [5.74, 6) is -1.50. The second kappa shape index (κ2) is 7.60. The zero-order chi connectivity index (χ0) is 18.7. The minimum atomic E-state index is -0.524. The van der Waals surface area contributed by atoms with E-state index in [0.717, 1.165) is 10.8 Å². The Morgan fingerprint density at radius 3 is 1.68 bits per heavy atom. The van der Waals surface area contributed by atoms with Crippen LogP contribution in [0.2, 0.25) is 0 Å². The highest BCUT2D eigenvalue weighted by atomic mass is 127. The first-order valence-electron chi connectivity index (χ1n) is 7.33. The van der Waals surface area contributed by atoms with E-state index in [2.05, 4.69) is 15.6 Å². The molecule has 4 amide bonds. The molecule has 0 bridgehead atoms. The van der Waals surface area contributed by atoms with E-state index in [1.54, 1.807) is 13.8 Å². The standard InChI is InChI=1S/C17H16IN3O4/c1-8(15(23)19-10(3)22)13-11-6-4-5-7-12(11)14(20-13)9(2)16(24)21-17(18)25/h4-7,20H,1-3H3,(H,19,22,23)(H,21,24,25)/b13-8+,14-9+. The van der Waals surface area contributed by atoms with Gasteiger partial charge in [-0.15, -0.1) is 0 Å². The van der Waals surface area contributed by atoms with Crippen LogP contribution in [0.3, 0.4) is 0 Å². The molecule has 130 valence electrons. The molecule has 0 aliphatic heterocycles. The van der Waals surface area contributed by atoms with Gasteiger partial charge in [0.25, 0.3) is 15.7 Å². The molecule has 1 heterocycles. The minimum absolute atomic E-state index is 0.312. The molecule has 2 rings (SSSR count). The molecule has 3 N–H and O–H groups in total. The lowest BCUT2D eigenvalue weighted by molar-refractivity contribution is -0.126. The van der Waals surface area contributed by atoms with E-state index in [1.165, 1.54) is 29.5 Å². The highest BCUT2D eigenvalue weighted by Crippen LogP contribution is 2.07. The van der Waals surface area contributed by atoms with Gasteiger partial charge in [-0.2, -0.15) is 0 Å². The van der Waals surface area contributed by atoms with Gasteiger partial charge in [0, 0.05) is 51.4 Å². The molecular formula is C17H16IN3O4. The number of imide groups is 2. The number of H-pyrrole nitrogens is 1. The summed E-state index contributed by atoms with van der Waals surface area (Å²) >= 11 is 1.48. The summed E-state index contributed by atoms with van der Waals surface area (Å²) in [5.41, 5.74) is 0.628. The van der Waals surface area contributed by atoms with Crippen molar-refractivity contribution in [3.8, 4) is 0 Å². The van der Waals surface area contributed by atoms with Gasteiger partial charge in [0.1, 0.15) is 0 Å². The fraction of sp³-hybridized carbons (Fsp3) is 0.176. The summed E-state index contributed by atoms with van der Waals surface area (Å²) in [4.78, 5) is 49.6. The molecule has 0 saturated carbocycles. The molecule has 25 heavy (non-hydrogen) atoms. The first-order valence-corrected chi connectivity index (χ1v) is 8.41. The first-order chi connectivity index (χ1) is 11.7. The number of hydrogen-bond donors (Lipinski definition) is 3. The lowest BCUT2D eigenvalue weighted by Gasteiger charge is -2.00. The normalized spacial score (nSPS) is 13.1. The summed E-state index contributed by atoms with van der Waals surface area (Å²) in [6, 6.07) is 7.24. The Morgan fingerprint density at radius 2 is 1.28 bits per heavy atom. The van der Waals surface area contributed by atoms with Gasteiger partial charge in [0.05, 0.1) is 10.7 Å². The summed E-state index contributed by atoms with van der Waals surface area (Å²) in [5, 5.41) is 6.94. The number of halogens is 1. The molecule has 1 aromatic heterocycles. The van der Waals surface area contributed by atoms with Gasteiger partial charge < -0.3 is 4.98 Å². The molecule has 0 aliphatic carbocycles. The molecule has 0 unspecified atom stereocenters. The van der Waals surface area contributed by atoms with Crippen LogP contribution in [0.4, 0.5) is 4.79 Å². The van der Waals surface area contributed by atoms with Crippen molar-refractivity contribution < 1.29 is 19.2 Å². The number of carbonyl (C=O) groups is 4. The van der Waals surface area contributed by atoms with Crippen molar-refractivity contribution in [2.75, 3.05) is 0 Å². The Morgan fingerprint density at radius 1 is 0.840 bits per heavy atom. The van der Waals surface area contributed by atoms with Crippen LogP contribution in [-0.4, -0.2) is 26.6 Å². The molecule has 7 nitrogen and oxygen atoms in total. The van der Waals surface area contributed by atoms with E-state index in [4.69, 9.17) is 0 Å². The van der Waals surface area contributed by atoms with E-state index < -0.39 is 21.6 Å². The SMILES string of the molecule is CC(=O)NC(=O)/C(C)=c1/[nH]/c(=C(\C)C(=O)NC(=O)I)c2ccccc12. The van der Waals surface area contributed by atoms with Crippen molar-refractivity contribution in [2.45, 2.75) is 20.8 Å². The summed E-state index contributed by atoms with van der Waals surface area (Å²) in [6.45, 7) is 4.43. The van der Waals surface area contributed by atoms with Crippen LogP contribution in [0.5, 0.6) is 0 Å². The van der Waals surface area contributed by atoms with Gasteiger partial charge in [-0.1, -0.05) is 24.3 Å². The number of nitrogens with one attached hydrogen (secondary N) is 3. The van der Waals surface area contributed by atoms with Gasteiger partial charge in [-0.3, -0.25) is 29.8 Å². The van der Waals surface area contributed by atoms with E-state index in [0.29, 0.717) is 21.8 Å². The van der Waals surface area contributed by atoms with Crippen molar-refractivity contribution >= 4 is 66.1 Å². The lowest BCUT2D eigenvalue weighted by Crippen LogP contribution is -2.32. The van der Waals surface area contributed by atoms with Crippen LogP contribution >= 0.6 is 22.6 Å². The molecular weight excluding hydrogens is 437 g/mol. The number of benzene rings is 1. The van der Waals surface area contributed by atoms with Crippen LogP contribution < -0.4 is 21.3 Å². The summed E-state index contributed by atoms with van der Waals surface area (Å²) in [7, 11) is 0. The number of aromatic nitrogens is 1. The molecule has 0 atom stereocenters. The molecule has 0 spiro atoms. The molecule has 0 aliphatic rings. The number of hydrogen-bond acceptors (Lipinski definition) is 4. The Kier molecular flexibility index (Phi) is 5.73. The Labute approximate surface area is 156 Å². The predicted molar refractivity (Wildman–Crippen MR) is 102 cm³/mol. The average molecular weight is 453 g/mol. The van der Waals surface area contributed by atoms with Crippen LogP contribution in [0, 0.1) is 0 Å². The van der Waals surface area contributed by atoms with Crippen molar-refractivity contribution in [3.63, 3.8) is 0 Å². The number of fused-ring (bicyclic) bond motifs is 1. The summed E-state index contributed by atoms with van der Waals surface area (Å²) < 4.78 is -0.485. The third-order valence-electron chi connectivity index (χ3n) is 3.65. The van der Waals surface area contributed by atoms with E-state index in [-0.39, 0.29) is 0 Å². The number of carbonyl (C=O) groups excluding carboxylic acids is 4. The van der Waals surface area contributed by atoms with E-state index in [1.807, 2.05) is 24.3 Å². The van der Waals surface area contributed by atoms with Crippen molar-refractivity contribution in [2.24, 2.45) is 0 Å². The summed E-state index contributed by atoms with van der Waals surface area (Å²) in [6.07, 6.45) is 0. The highest BCUT2D eigenvalue weighted by Gasteiger charge is 2.14. The Balaban J connectivity index is 2.79. The quantitative estimate of drug-likeness (QED) is 0.356. The van der Waals surface area contributed by atoms with Crippen molar-refractivity contribution in [3.05, 3.63) is 35.0 Å². The van der Waals surface area contributed by atoms with E-state index in [9.17, 15) is 19.2 Å². The molecule has 2 aromatic rings. The van der Waals surface area contributed by atoms with Crippen LogP contribution in [0.1, 0.15) is 20.8 Å².